The Morgan fingerprint density at radius 2 is 1.58 bits per heavy atom. The topological polar surface area (TPSA) is 18.5 Å². The van der Waals surface area contributed by atoms with Crippen molar-refractivity contribution in [1.29, 1.82) is 0 Å². The van der Waals surface area contributed by atoms with Gasteiger partial charge in [0.2, 0.25) is 0 Å². The van der Waals surface area contributed by atoms with Crippen LogP contribution in [0.15, 0.2) is 0 Å². The van der Waals surface area contributed by atoms with Crippen LogP contribution >= 0.6 is 0 Å². The van der Waals surface area contributed by atoms with Crippen molar-refractivity contribution in [2.24, 2.45) is 0 Å². The van der Waals surface area contributed by atoms with Crippen molar-refractivity contribution < 1.29 is 0 Å². The maximum atomic E-state index is 3.61. The van der Waals surface area contributed by atoms with E-state index in [0.29, 0.717) is 0 Å². The van der Waals surface area contributed by atoms with Crippen molar-refractivity contribution in [1.82, 2.24) is 15.1 Å². The van der Waals surface area contributed by atoms with Crippen LogP contribution in [0.5, 0.6) is 0 Å². The van der Waals surface area contributed by atoms with Crippen LogP contribution < -0.4 is 5.32 Å². The van der Waals surface area contributed by atoms with E-state index in [2.05, 4.69) is 42.8 Å². The van der Waals surface area contributed by atoms with E-state index in [1.165, 1.54) is 58.4 Å². The highest BCUT2D eigenvalue weighted by Crippen LogP contribution is 2.13. The van der Waals surface area contributed by atoms with Crippen LogP contribution in [0.3, 0.4) is 0 Å². The summed E-state index contributed by atoms with van der Waals surface area (Å²) in [4.78, 5) is 5.37. The van der Waals surface area contributed by atoms with Crippen LogP contribution in [0.25, 0.3) is 0 Å². The standard InChI is InChI=1S/C16H35N3/c1-5-8-16(14-17-9-6-2)19-12-10-18(11-13-19)15(4)7-3/h15-17H,5-14H2,1-4H3. The highest BCUT2D eigenvalue weighted by Gasteiger charge is 2.24. The van der Waals surface area contributed by atoms with Crippen LogP contribution in [0, 0.1) is 0 Å². The number of piperazine rings is 1. The zero-order valence-electron chi connectivity index (χ0n) is 13.6. The lowest BCUT2D eigenvalue weighted by Crippen LogP contribution is -2.54. The molecule has 0 aromatic rings. The first-order valence-corrected chi connectivity index (χ1v) is 8.41. The number of hydrogen-bond acceptors (Lipinski definition) is 3. The molecule has 0 aliphatic carbocycles. The molecule has 1 fully saturated rings. The number of nitrogens with one attached hydrogen (secondary N) is 1. The first kappa shape index (κ1) is 16.9. The minimum Gasteiger partial charge on any atom is -0.315 e. The largest absolute Gasteiger partial charge is 0.315 e. The Kier molecular flexibility index (Phi) is 8.67. The van der Waals surface area contributed by atoms with E-state index in [1.807, 2.05) is 0 Å². The van der Waals surface area contributed by atoms with Gasteiger partial charge in [0.15, 0.2) is 0 Å². The average molecular weight is 269 g/mol. The summed E-state index contributed by atoms with van der Waals surface area (Å²) in [6.45, 7) is 16.6. The molecule has 0 saturated carbocycles. The Hall–Kier alpha value is -0.120. The smallest absolute Gasteiger partial charge is 0.0221 e. The molecule has 1 heterocycles. The van der Waals surface area contributed by atoms with Crippen LogP contribution in [-0.4, -0.2) is 61.2 Å². The second-order valence-electron chi connectivity index (χ2n) is 5.98. The van der Waals surface area contributed by atoms with Gasteiger partial charge in [-0.25, -0.2) is 0 Å². The summed E-state index contributed by atoms with van der Waals surface area (Å²) in [5.41, 5.74) is 0. The summed E-state index contributed by atoms with van der Waals surface area (Å²) in [6.07, 6.45) is 5.14. The van der Waals surface area contributed by atoms with E-state index in [9.17, 15) is 0 Å². The van der Waals surface area contributed by atoms with Crippen LogP contribution in [-0.2, 0) is 0 Å². The molecule has 2 unspecified atom stereocenters. The first-order valence-electron chi connectivity index (χ1n) is 8.41. The molecule has 3 nitrogen and oxygen atoms in total. The zero-order valence-corrected chi connectivity index (χ0v) is 13.6. The molecule has 1 aliphatic rings. The van der Waals surface area contributed by atoms with Crippen molar-refractivity contribution in [2.75, 3.05) is 39.3 Å². The average Bonchev–Trinajstić information content (AvgIpc) is 2.46. The summed E-state index contributed by atoms with van der Waals surface area (Å²) < 4.78 is 0. The molecule has 0 spiro atoms. The van der Waals surface area contributed by atoms with E-state index in [-0.39, 0.29) is 0 Å². The first-order chi connectivity index (χ1) is 9.22. The maximum absolute atomic E-state index is 3.61. The second kappa shape index (κ2) is 9.73. The third kappa shape index (κ3) is 5.80. The fraction of sp³-hybridized carbons (Fsp3) is 1.00. The Morgan fingerprint density at radius 1 is 0.947 bits per heavy atom. The third-order valence-electron chi connectivity index (χ3n) is 4.51. The van der Waals surface area contributed by atoms with Crippen LogP contribution in [0.1, 0.15) is 53.4 Å². The Balaban J connectivity index is 2.36. The van der Waals surface area contributed by atoms with Crippen molar-refractivity contribution in [3.63, 3.8) is 0 Å². The van der Waals surface area contributed by atoms with Gasteiger partial charge in [-0.2, -0.15) is 0 Å². The molecule has 0 aromatic carbocycles. The molecule has 0 bridgehead atoms. The third-order valence-corrected chi connectivity index (χ3v) is 4.51. The molecular formula is C16H35N3. The summed E-state index contributed by atoms with van der Waals surface area (Å²) in [5, 5.41) is 3.61. The fourth-order valence-corrected chi connectivity index (χ4v) is 2.99. The van der Waals surface area contributed by atoms with E-state index in [1.54, 1.807) is 0 Å². The monoisotopic (exact) mass is 269 g/mol. The quantitative estimate of drug-likeness (QED) is 0.649. The lowest BCUT2D eigenvalue weighted by molar-refractivity contribution is 0.0690. The molecule has 0 amide bonds. The van der Waals surface area contributed by atoms with Crippen LogP contribution in [0.2, 0.25) is 0 Å². The van der Waals surface area contributed by atoms with Crippen LogP contribution in [0.4, 0.5) is 0 Å². The molecule has 114 valence electrons. The number of hydrogen-bond donors (Lipinski definition) is 1. The van der Waals surface area contributed by atoms with Gasteiger partial charge in [0.25, 0.3) is 0 Å². The van der Waals surface area contributed by atoms with Crippen molar-refractivity contribution in [3.05, 3.63) is 0 Å². The van der Waals surface area contributed by atoms with Crippen molar-refractivity contribution in [2.45, 2.75) is 65.5 Å². The van der Waals surface area contributed by atoms with E-state index < -0.39 is 0 Å². The van der Waals surface area contributed by atoms with Gasteiger partial charge in [0, 0.05) is 44.8 Å². The van der Waals surface area contributed by atoms with Crippen molar-refractivity contribution in [3.8, 4) is 0 Å². The van der Waals surface area contributed by atoms with E-state index >= 15 is 0 Å². The highest BCUT2D eigenvalue weighted by molar-refractivity contribution is 4.81. The molecule has 3 heteroatoms. The lowest BCUT2D eigenvalue weighted by Gasteiger charge is -2.41. The number of rotatable bonds is 9. The van der Waals surface area contributed by atoms with Gasteiger partial charge in [0.05, 0.1) is 0 Å². The van der Waals surface area contributed by atoms with Gasteiger partial charge >= 0.3 is 0 Å². The minimum absolute atomic E-state index is 0.746. The normalized spacial score (nSPS) is 21.5. The molecule has 0 aromatic heterocycles. The summed E-state index contributed by atoms with van der Waals surface area (Å²) in [5.74, 6) is 0. The predicted octanol–water partition coefficient (Wildman–Crippen LogP) is 2.57. The summed E-state index contributed by atoms with van der Waals surface area (Å²) in [6, 6.07) is 1.50. The molecule has 1 aliphatic heterocycles. The lowest BCUT2D eigenvalue weighted by atomic mass is 10.1. The molecule has 1 N–H and O–H groups in total. The SMILES string of the molecule is CCCNCC(CCC)N1CCN(C(C)CC)CC1. The maximum Gasteiger partial charge on any atom is 0.0221 e. The molecule has 1 rings (SSSR count). The Labute approximate surface area is 120 Å². The Bertz CT molecular complexity index is 212. The van der Waals surface area contributed by atoms with Gasteiger partial charge in [-0.05, 0) is 32.7 Å². The highest BCUT2D eigenvalue weighted by atomic mass is 15.3. The van der Waals surface area contributed by atoms with Gasteiger partial charge in [-0.1, -0.05) is 27.2 Å². The molecular weight excluding hydrogens is 234 g/mol. The van der Waals surface area contributed by atoms with Gasteiger partial charge in [-0.3, -0.25) is 9.80 Å². The Morgan fingerprint density at radius 3 is 2.11 bits per heavy atom. The fourth-order valence-electron chi connectivity index (χ4n) is 2.99. The summed E-state index contributed by atoms with van der Waals surface area (Å²) in [7, 11) is 0. The molecule has 1 saturated heterocycles. The summed E-state index contributed by atoms with van der Waals surface area (Å²) >= 11 is 0. The molecule has 0 radical (unpaired) electrons. The minimum atomic E-state index is 0.746. The van der Waals surface area contributed by atoms with Gasteiger partial charge < -0.3 is 5.32 Å². The molecule has 19 heavy (non-hydrogen) atoms. The zero-order chi connectivity index (χ0) is 14.1. The predicted molar refractivity (Wildman–Crippen MR) is 84.8 cm³/mol. The molecule has 2 atom stereocenters. The second-order valence-corrected chi connectivity index (χ2v) is 5.98. The van der Waals surface area contributed by atoms with Gasteiger partial charge in [0.1, 0.15) is 0 Å². The van der Waals surface area contributed by atoms with Gasteiger partial charge in [-0.15, -0.1) is 0 Å². The number of nitrogens with zero attached hydrogens (tertiary/aromatic N) is 2. The van der Waals surface area contributed by atoms with E-state index in [4.69, 9.17) is 0 Å². The van der Waals surface area contributed by atoms with E-state index in [0.717, 1.165) is 18.6 Å². The van der Waals surface area contributed by atoms with Crippen molar-refractivity contribution >= 4 is 0 Å².